The lowest BCUT2D eigenvalue weighted by molar-refractivity contribution is 0.0182. The van der Waals surface area contributed by atoms with Crippen LogP contribution in [-0.4, -0.2) is 37.2 Å². The van der Waals surface area contributed by atoms with Crippen LogP contribution in [0, 0.1) is 5.41 Å². The quantitative estimate of drug-likeness (QED) is 0.774. The number of hydrogen-bond donors (Lipinski definition) is 0. The Hall–Kier alpha value is -1.29. The Kier molecular flexibility index (Phi) is 4.42. The summed E-state index contributed by atoms with van der Waals surface area (Å²) in [5.41, 5.74) is 3.03. The molecule has 0 spiro atoms. The highest BCUT2D eigenvalue weighted by atomic mass is 32.2. The maximum absolute atomic E-state index is 5.54. The molecular weight excluding hydrogens is 314 g/mol. The summed E-state index contributed by atoms with van der Waals surface area (Å²) in [4.78, 5) is 5.39. The van der Waals surface area contributed by atoms with Gasteiger partial charge in [0.1, 0.15) is 0 Å². The molecule has 3 aliphatic rings. The van der Waals surface area contributed by atoms with E-state index in [1.807, 2.05) is 11.8 Å². The molecule has 1 atom stereocenters. The van der Waals surface area contributed by atoms with Crippen molar-refractivity contribution in [3.8, 4) is 0 Å². The maximum atomic E-state index is 5.54. The number of morpholine rings is 1. The van der Waals surface area contributed by atoms with Crippen LogP contribution in [0.25, 0.3) is 4.91 Å². The predicted octanol–water partition coefficient (Wildman–Crippen LogP) is 4.72. The average molecular weight is 340 g/mol. The van der Waals surface area contributed by atoms with Gasteiger partial charge in [-0.05, 0) is 29.0 Å². The van der Waals surface area contributed by atoms with Crippen LogP contribution in [0.1, 0.15) is 25.8 Å². The molecule has 1 unspecified atom stereocenters. The van der Waals surface area contributed by atoms with Crippen molar-refractivity contribution in [2.45, 2.75) is 26.3 Å². The molecule has 0 saturated carbocycles. The molecule has 2 aliphatic heterocycles. The molecule has 1 aromatic rings. The van der Waals surface area contributed by atoms with E-state index < -0.39 is 0 Å². The number of nitrogens with zero attached hydrogens (tertiary/aromatic N) is 1. The third kappa shape index (κ3) is 3.13. The van der Waals surface area contributed by atoms with E-state index in [1.165, 1.54) is 27.4 Å². The van der Waals surface area contributed by atoms with Gasteiger partial charge in [0, 0.05) is 28.9 Å². The second kappa shape index (κ2) is 6.55. The summed E-state index contributed by atoms with van der Waals surface area (Å²) < 4.78 is 5.54. The van der Waals surface area contributed by atoms with Gasteiger partial charge < -0.3 is 4.74 Å². The Morgan fingerprint density at radius 3 is 2.54 bits per heavy atom. The van der Waals surface area contributed by atoms with E-state index in [-0.39, 0.29) is 5.41 Å². The van der Waals surface area contributed by atoms with Crippen molar-refractivity contribution < 1.29 is 4.74 Å². The SMILES string of the molecule is CC1(C)CC(N2CCOCC2)C=C2SC(c3ccccc3)=CC=C21. The standard InChI is InChI=1S/C21H25NOS/c1-21(2)15-17(22-10-12-23-13-11-22)14-20-18(21)8-9-19(24-20)16-6-4-3-5-7-16/h3-9,14,17H,10-13,15H2,1-2H3. The van der Waals surface area contributed by atoms with Gasteiger partial charge in [-0.15, -0.1) is 0 Å². The first kappa shape index (κ1) is 16.2. The first-order chi connectivity index (χ1) is 11.6. The second-order valence-electron chi connectivity index (χ2n) is 7.41. The molecule has 0 radical (unpaired) electrons. The van der Waals surface area contributed by atoms with Crippen LogP contribution >= 0.6 is 11.8 Å². The van der Waals surface area contributed by atoms with Crippen LogP contribution < -0.4 is 0 Å². The zero-order valence-corrected chi connectivity index (χ0v) is 15.3. The van der Waals surface area contributed by atoms with Crippen molar-refractivity contribution in [2.75, 3.05) is 26.3 Å². The second-order valence-corrected chi connectivity index (χ2v) is 8.50. The lowest BCUT2D eigenvalue weighted by atomic mass is 9.74. The van der Waals surface area contributed by atoms with Crippen LogP contribution in [-0.2, 0) is 4.74 Å². The number of hydrogen-bond acceptors (Lipinski definition) is 3. The smallest absolute Gasteiger partial charge is 0.0594 e. The molecule has 1 aromatic carbocycles. The Morgan fingerprint density at radius 1 is 1.04 bits per heavy atom. The van der Waals surface area contributed by atoms with Gasteiger partial charge in [0.2, 0.25) is 0 Å². The molecule has 1 aliphatic carbocycles. The van der Waals surface area contributed by atoms with Crippen molar-refractivity contribution >= 4 is 16.7 Å². The fraction of sp³-hybridized carbons (Fsp3) is 0.429. The summed E-state index contributed by atoms with van der Waals surface area (Å²) in [6, 6.07) is 11.2. The fourth-order valence-corrected chi connectivity index (χ4v) is 5.21. The molecule has 1 saturated heterocycles. The summed E-state index contributed by atoms with van der Waals surface area (Å²) in [5.74, 6) is 0. The van der Waals surface area contributed by atoms with Crippen LogP contribution in [0.3, 0.4) is 0 Å². The van der Waals surface area contributed by atoms with Gasteiger partial charge >= 0.3 is 0 Å². The summed E-state index contributed by atoms with van der Waals surface area (Å²) in [5, 5.41) is 0. The van der Waals surface area contributed by atoms with Crippen molar-refractivity contribution in [3.63, 3.8) is 0 Å². The Balaban J connectivity index is 1.65. The minimum absolute atomic E-state index is 0.221. The molecule has 1 fully saturated rings. The highest BCUT2D eigenvalue weighted by molar-refractivity contribution is 8.12. The predicted molar refractivity (Wildman–Crippen MR) is 103 cm³/mol. The summed E-state index contributed by atoms with van der Waals surface area (Å²) in [6.45, 7) is 8.61. The minimum atomic E-state index is 0.221. The maximum Gasteiger partial charge on any atom is 0.0594 e. The highest BCUT2D eigenvalue weighted by Gasteiger charge is 2.37. The fourth-order valence-electron chi connectivity index (χ4n) is 3.90. The summed E-state index contributed by atoms with van der Waals surface area (Å²) in [7, 11) is 0. The van der Waals surface area contributed by atoms with Crippen LogP contribution in [0.2, 0.25) is 0 Å². The number of benzene rings is 1. The van der Waals surface area contributed by atoms with Crippen molar-refractivity contribution in [1.82, 2.24) is 4.90 Å². The van der Waals surface area contributed by atoms with E-state index in [0.717, 1.165) is 26.3 Å². The molecule has 0 N–H and O–H groups in total. The molecule has 24 heavy (non-hydrogen) atoms. The van der Waals surface area contributed by atoms with Gasteiger partial charge in [-0.3, -0.25) is 4.90 Å². The first-order valence-corrected chi connectivity index (χ1v) is 9.65. The molecule has 0 amide bonds. The Morgan fingerprint density at radius 2 is 1.79 bits per heavy atom. The normalized spacial score (nSPS) is 26.9. The number of allylic oxidation sites excluding steroid dienone is 3. The van der Waals surface area contributed by atoms with Gasteiger partial charge in [0.05, 0.1) is 13.2 Å². The molecule has 2 nitrogen and oxygen atoms in total. The summed E-state index contributed by atoms with van der Waals surface area (Å²) >= 11 is 1.93. The molecule has 126 valence electrons. The van der Waals surface area contributed by atoms with Crippen molar-refractivity contribution in [3.05, 3.63) is 64.6 Å². The van der Waals surface area contributed by atoms with Crippen LogP contribution in [0.15, 0.2) is 59.0 Å². The largest absolute Gasteiger partial charge is 0.379 e. The molecule has 2 heterocycles. The van der Waals surface area contributed by atoms with Crippen LogP contribution in [0.4, 0.5) is 0 Å². The Labute approximate surface area is 149 Å². The minimum Gasteiger partial charge on any atom is -0.379 e. The van der Waals surface area contributed by atoms with E-state index in [2.05, 4.69) is 67.3 Å². The van der Waals surface area contributed by atoms with E-state index in [1.54, 1.807) is 0 Å². The third-order valence-electron chi connectivity index (χ3n) is 5.25. The van der Waals surface area contributed by atoms with E-state index >= 15 is 0 Å². The lowest BCUT2D eigenvalue weighted by Crippen LogP contribution is -2.46. The highest BCUT2D eigenvalue weighted by Crippen LogP contribution is 2.51. The third-order valence-corrected chi connectivity index (χ3v) is 6.42. The van der Waals surface area contributed by atoms with Gasteiger partial charge in [0.15, 0.2) is 0 Å². The monoisotopic (exact) mass is 339 g/mol. The van der Waals surface area contributed by atoms with Gasteiger partial charge in [0.25, 0.3) is 0 Å². The summed E-state index contributed by atoms with van der Waals surface area (Å²) in [6.07, 6.45) is 8.34. The Bertz CT molecular complexity index is 696. The topological polar surface area (TPSA) is 12.5 Å². The van der Waals surface area contributed by atoms with Gasteiger partial charge in [-0.25, -0.2) is 0 Å². The molecule has 4 rings (SSSR count). The molecule has 0 aromatic heterocycles. The van der Waals surface area contributed by atoms with Gasteiger partial charge in [-0.1, -0.05) is 68.1 Å². The van der Waals surface area contributed by atoms with Crippen LogP contribution in [0.5, 0.6) is 0 Å². The molecular formula is C21H25NOS. The van der Waals surface area contributed by atoms with E-state index in [4.69, 9.17) is 4.74 Å². The van der Waals surface area contributed by atoms with Crippen molar-refractivity contribution in [1.29, 1.82) is 0 Å². The average Bonchev–Trinajstić information content (AvgIpc) is 2.62. The zero-order valence-electron chi connectivity index (χ0n) is 14.5. The van der Waals surface area contributed by atoms with E-state index in [9.17, 15) is 0 Å². The van der Waals surface area contributed by atoms with Crippen molar-refractivity contribution in [2.24, 2.45) is 5.41 Å². The van der Waals surface area contributed by atoms with E-state index in [0.29, 0.717) is 6.04 Å². The molecule has 0 bridgehead atoms. The molecule has 3 heteroatoms. The number of ether oxygens (including phenoxy) is 1. The lowest BCUT2D eigenvalue weighted by Gasteiger charge is -2.43. The number of thioether (sulfide) groups is 1. The first-order valence-electron chi connectivity index (χ1n) is 8.83. The number of rotatable bonds is 2. The number of fused-ring (bicyclic) bond motifs is 1. The zero-order chi connectivity index (χ0) is 16.6. The van der Waals surface area contributed by atoms with Gasteiger partial charge in [-0.2, -0.15) is 0 Å².